The number of carbonyl (C=O) groups excluding carboxylic acids is 2. The number of ether oxygens (including phenoxy) is 3. The molecule has 2 aromatic carbocycles. The molecule has 0 saturated carbocycles. The summed E-state index contributed by atoms with van der Waals surface area (Å²) in [5, 5.41) is 0. The van der Waals surface area contributed by atoms with Crippen LogP contribution in [0.2, 0.25) is 0 Å². The molecule has 1 aliphatic heterocycles. The molecule has 2 aromatic rings. The van der Waals surface area contributed by atoms with E-state index < -0.39 is 28.1 Å². The highest BCUT2D eigenvalue weighted by Gasteiger charge is 2.36. The monoisotopic (exact) mass is 536 g/mol. The van der Waals surface area contributed by atoms with Crippen LogP contribution in [0.5, 0.6) is 0 Å². The second kappa shape index (κ2) is 13.1. The maximum Gasteiger partial charge on any atom is 0.409 e. The second-order valence-electron chi connectivity index (χ2n) is 8.31. The molecule has 1 saturated heterocycles. The molecule has 11 heteroatoms. The molecule has 1 atom stereocenters. The van der Waals surface area contributed by atoms with Gasteiger partial charge in [-0.3, -0.25) is 4.79 Å². The Morgan fingerprint density at radius 2 is 1.58 bits per heavy atom. The van der Waals surface area contributed by atoms with E-state index in [2.05, 4.69) is 4.72 Å². The van der Waals surface area contributed by atoms with Crippen LogP contribution in [0.4, 0.5) is 4.79 Å². The summed E-state index contributed by atoms with van der Waals surface area (Å²) < 4.78 is 43.7. The maximum absolute atomic E-state index is 13.1. The lowest BCUT2D eigenvalue weighted by Gasteiger charge is -2.34. The minimum atomic E-state index is -3.99. The molecule has 9 nitrogen and oxygen atoms in total. The molecule has 0 spiro atoms. The van der Waals surface area contributed by atoms with Gasteiger partial charge in [0.05, 0.1) is 18.6 Å². The molecule has 0 aromatic heterocycles. The van der Waals surface area contributed by atoms with E-state index in [4.69, 9.17) is 14.2 Å². The number of methoxy groups -OCH3 is 2. The van der Waals surface area contributed by atoms with Gasteiger partial charge in [-0.15, -0.1) is 11.8 Å². The molecule has 1 aliphatic rings. The van der Waals surface area contributed by atoms with Crippen molar-refractivity contribution < 1.29 is 32.2 Å². The Morgan fingerprint density at radius 3 is 2.11 bits per heavy atom. The number of nitrogens with zero attached hydrogens (tertiary/aromatic N) is 1. The van der Waals surface area contributed by atoms with Crippen molar-refractivity contribution in [3.8, 4) is 11.1 Å². The van der Waals surface area contributed by atoms with Gasteiger partial charge in [0.25, 0.3) is 0 Å². The van der Waals surface area contributed by atoms with Gasteiger partial charge in [0.2, 0.25) is 10.0 Å². The van der Waals surface area contributed by atoms with E-state index in [1.54, 1.807) is 28.8 Å². The Hall–Kier alpha value is -2.60. The van der Waals surface area contributed by atoms with E-state index >= 15 is 0 Å². The molecule has 0 radical (unpaired) electrons. The first-order valence-electron chi connectivity index (χ1n) is 11.5. The molecule has 1 fully saturated rings. The third-order valence-corrected chi connectivity index (χ3v) is 8.31. The Labute approximate surface area is 216 Å². The van der Waals surface area contributed by atoms with Crippen LogP contribution in [0.15, 0.2) is 58.3 Å². The summed E-state index contributed by atoms with van der Waals surface area (Å²) in [7, 11) is -1.25. The summed E-state index contributed by atoms with van der Waals surface area (Å²) in [6.45, 7) is 1.15. The number of rotatable bonds is 10. The van der Waals surface area contributed by atoms with E-state index in [1.165, 1.54) is 26.4 Å². The van der Waals surface area contributed by atoms with Crippen molar-refractivity contribution in [3.63, 3.8) is 0 Å². The van der Waals surface area contributed by atoms with Crippen molar-refractivity contribution in [2.45, 2.75) is 28.7 Å². The zero-order chi connectivity index (χ0) is 26.1. The number of hydrogen-bond donors (Lipinski definition) is 1. The smallest absolute Gasteiger partial charge is 0.409 e. The van der Waals surface area contributed by atoms with Gasteiger partial charge in [-0.1, -0.05) is 24.3 Å². The number of esters is 1. The van der Waals surface area contributed by atoms with Gasteiger partial charge >= 0.3 is 12.1 Å². The molecule has 196 valence electrons. The van der Waals surface area contributed by atoms with Gasteiger partial charge < -0.3 is 19.1 Å². The highest BCUT2D eigenvalue weighted by Crippen LogP contribution is 2.26. The Morgan fingerprint density at radius 1 is 1.00 bits per heavy atom. The lowest BCUT2D eigenvalue weighted by Crippen LogP contribution is -2.50. The van der Waals surface area contributed by atoms with E-state index in [0.29, 0.717) is 32.5 Å². The fourth-order valence-electron chi connectivity index (χ4n) is 4.03. The lowest BCUT2D eigenvalue weighted by atomic mass is 9.90. The number of amides is 1. The minimum Gasteiger partial charge on any atom is -0.468 e. The molecular weight excluding hydrogens is 504 g/mol. The van der Waals surface area contributed by atoms with Crippen molar-refractivity contribution >= 4 is 33.8 Å². The SMILES string of the molecule is COCCOC(=O)N1CCC(C(NS(=O)(=O)c2ccc(-c3ccc(SC)cc3)cc2)C(=O)OC)CC1. The van der Waals surface area contributed by atoms with Crippen molar-refractivity contribution in [1.29, 1.82) is 0 Å². The Bertz CT molecular complexity index is 1110. The number of piperidine rings is 1. The predicted octanol–water partition coefficient (Wildman–Crippen LogP) is 3.39. The standard InChI is InChI=1S/C25H32N2O7S2/c1-32-16-17-34-25(29)27-14-12-20(13-15-27)23(24(28)33-2)26-36(30,31)22-10-6-19(7-11-22)18-4-8-21(35-3)9-5-18/h4-11,20,23,26H,12-17H2,1-3H3. The molecule has 36 heavy (non-hydrogen) atoms. The fraction of sp³-hybridized carbons (Fsp3) is 0.440. The molecule has 3 rings (SSSR count). The predicted molar refractivity (Wildman–Crippen MR) is 137 cm³/mol. The lowest BCUT2D eigenvalue weighted by molar-refractivity contribution is -0.144. The summed E-state index contributed by atoms with van der Waals surface area (Å²) in [6, 6.07) is 13.5. The van der Waals surface area contributed by atoms with Gasteiger partial charge in [0.15, 0.2) is 0 Å². The topological polar surface area (TPSA) is 111 Å². The van der Waals surface area contributed by atoms with Crippen LogP contribution in [0.1, 0.15) is 12.8 Å². The summed E-state index contributed by atoms with van der Waals surface area (Å²) in [4.78, 5) is 27.4. The van der Waals surface area contributed by atoms with Crippen LogP contribution in [0, 0.1) is 5.92 Å². The molecule has 0 aliphatic carbocycles. The molecule has 1 amide bonds. The highest BCUT2D eigenvalue weighted by atomic mass is 32.2. The van der Waals surface area contributed by atoms with Crippen molar-refractivity contribution in [1.82, 2.24) is 9.62 Å². The normalized spacial score (nSPS) is 15.4. The summed E-state index contributed by atoms with van der Waals surface area (Å²) >= 11 is 1.65. The third-order valence-electron chi connectivity index (χ3n) is 6.11. The van der Waals surface area contributed by atoms with E-state index in [9.17, 15) is 18.0 Å². The average Bonchev–Trinajstić information content (AvgIpc) is 2.91. The van der Waals surface area contributed by atoms with Crippen molar-refractivity contribution in [2.24, 2.45) is 5.92 Å². The number of likely N-dealkylation sites (tertiary alicyclic amines) is 1. The van der Waals surface area contributed by atoms with Crippen LogP contribution in [-0.2, 0) is 29.0 Å². The summed E-state index contributed by atoms with van der Waals surface area (Å²) in [5.74, 6) is -0.991. The number of nitrogens with one attached hydrogen (secondary N) is 1. The number of benzene rings is 2. The van der Waals surface area contributed by atoms with Gasteiger partial charge in [-0.05, 0) is 60.4 Å². The molecule has 1 heterocycles. The number of carbonyl (C=O) groups is 2. The highest BCUT2D eigenvalue weighted by molar-refractivity contribution is 7.98. The number of sulfonamides is 1. The first-order valence-corrected chi connectivity index (χ1v) is 14.2. The Kier molecular flexibility index (Phi) is 10.2. The zero-order valence-electron chi connectivity index (χ0n) is 20.6. The quantitative estimate of drug-likeness (QED) is 0.280. The second-order valence-corrected chi connectivity index (χ2v) is 10.9. The van der Waals surface area contributed by atoms with Crippen LogP contribution >= 0.6 is 11.8 Å². The average molecular weight is 537 g/mol. The van der Waals surface area contributed by atoms with Crippen LogP contribution in [0.25, 0.3) is 11.1 Å². The molecular formula is C25H32N2O7S2. The fourth-order valence-corrected chi connectivity index (χ4v) is 5.69. The first kappa shape index (κ1) is 28.0. The van der Waals surface area contributed by atoms with Crippen LogP contribution < -0.4 is 4.72 Å². The summed E-state index contributed by atoms with van der Waals surface area (Å²) in [5.41, 5.74) is 1.86. The van der Waals surface area contributed by atoms with Gasteiger partial charge in [-0.2, -0.15) is 4.72 Å². The minimum absolute atomic E-state index is 0.0556. The van der Waals surface area contributed by atoms with Crippen molar-refractivity contribution in [2.75, 3.05) is 46.8 Å². The van der Waals surface area contributed by atoms with Gasteiger partial charge in [0, 0.05) is 25.1 Å². The zero-order valence-corrected chi connectivity index (χ0v) is 22.3. The number of thioether (sulfide) groups is 1. The molecule has 1 N–H and O–H groups in total. The van der Waals surface area contributed by atoms with E-state index in [0.717, 1.165) is 16.0 Å². The van der Waals surface area contributed by atoms with Gasteiger partial charge in [0.1, 0.15) is 12.6 Å². The van der Waals surface area contributed by atoms with Crippen LogP contribution in [0.3, 0.4) is 0 Å². The number of hydrogen-bond acceptors (Lipinski definition) is 8. The van der Waals surface area contributed by atoms with Gasteiger partial charge in [-0.25, -0.2) is 13.2 Å². The molecule has 0 bridgehead atoms. The maximum atomic E-state index is 13.1. The largest absolute Gasteiger partial charge is 0.468 e. The van der Waals surface area contributed by atoms with E-state index in [-0.39, 0.29) is 17.4 Å². The van der Waals surface area contributed by atoms with E-state index in [1.807, 2.05) is 30.5 Å². The Balaban J connectivity index is 1.67. The summed E-state index contributed by atoms with van der Waals surface area (Å²) in [6.07, 6.45) is 2.40. The van der Waals surface area contributed by atoms with Crippen molar-refractivity contribution in [3.05, 3.63) is 48.5 Å². The molecule has 1 unspecified atom stereocenters. The first-order chi connectivity index (χ1) is 17.3. The third kappa shape index (κ3) is 7.22. The van der Waals surface area contributed by atoms with Crippen LogP contribution in [-0.4, -0.2) is 78.2 Å².